The van der Waals surface area contributed by atoms with E-state index in [1.807, 2.05) is 0 Å². The van der Waals surface area contributed by atoms with E-state index in [0.717, 1.165) is 15.6 Å². The van der Waals surface area contributed by atoms with Crippen molar-refractivity contribution in [1.82, 2.24) is 14.7 Å². The number of aryl methyl sites for hydroxylation is 1. The maximum atomic E-state index is 12.9. The zero-order chi connectivity index (χ0) is 20.4. The van der Waals surface area contributed by atoms with Gasteiger partial charge in [-0.15, -0.1) is 0 Å². The van der Waals surface area contributed by atoms with Crippen LogP contribution < -0.4 is 5.43 Å². The van der Waals surface area contributed by atoms with Crippen molar-refractivity contribution in [3.63, 3.8) is 0 Å². The van der Waals surface area contributed by atoms with Crippen molar-refractivity contribution >= 4 is 17.6 Å². The van der Waals surface area contributed by atoms with Crippen LogP contribution in [0.5, 0.6) is 0 Å². The Morgan fingerprint density at radius 2 is 2.00 bits per heavy atom. The number of rotatable bonds is 4. The van der Waals surface area contributed by atoms with Crippen LogP contribution in [0.2, 0.25) is 0 Å². The van der Waals surface area contributed by atoms with Gasteiger partial charge in [-0.1, -0.05) is 12.1 Å². The average molecular weight is 386 g/mol. The van der Waals surface area contributed by atoms with Crippen LogP contribution in [0, 0.1) is 17.0 Å². The minimum absolute atomic E-state index is 0.104. The number of hydrogen-bond acceptors (Lipinski definition) is 6. The predicted octanol–water partition coefficient (Wildman–Crippen LogP) is 1.53. The van der Waals surface area contributed by atoms with Gasteiger partial charge in [-0.2, -0.15) is 5.10 Å². The fraction of sp³-hybridized carbons (Fsp3) is 0.333. The normalized spacial score (nSPS) is 16.6. The number of likely N-dealkylation sites (tertiary alicyclic amines) is 1. The van der Waals surface area contributed by atoms with Gasteiger partial charge in [-0.05, 0) is 32.3 Å². The fourth-order valence-electron chi connectivity index (χ4n) is 3.30. The van der Waals surface area contributed by atoms with Crippen molar-refractivity contribution in [3.05, 3.63) is 62.1 Å². The molecule has 28 heavy (non-hydrogen) atoms. The number of carbonyl (C=O) groups excluding carboxylic acids is 1. The Bertz CT molecular complexity index is 1020. The Morgan fingerprint density at radius 3 is 2.68 bits per heavy atom. The molecule has 0 saturated carbocycles. The van der Waals surface area contributed by atoms with E-state index in [1.54, 1.807) is 13.0 Å². The minimum Gasteiger partial charge on any atom is -0.480 e. The molecule has 3 rings (SSSR count). The van der Waals surface area contributed by atoms with E-state index >= 15 is 0 Å². The van der Waals surface area contributed by atoms with Gasteiger partial charge in [-0.3, -0.25) is 19.7 Å². The number of carbonyl (C=O) groups is 2. The number of aliphatic carboxylic acids is 1. The summed E-state index contributed by atoms with van der Waals surface area (Å²) in [5, 5.41) is 24.8. The molecule has 1 fully saturated rings. The highest BCUT2D eigenvalue weighted by atomic mass is 16.6. The van der Waals surface area contributed by atoms with Crippen LogP contribution in [-0.2, 0) is 4.79 Å². The number of hydrogen-bond donors (Lipinski definition) is 1. The van der Waals surface area contributed by atoms with Gasteiger partial charge in [0, 0.05) is 24.4 Å². The first-order chi connectivity index (χ1) is 13.3. The molecule has 1 amide bonds. The number of para-hydroxylation sites is 2. The summed E-state index contributed by atoms with van der Waals surface area (Å²) in [5.41, 5.74) is -0.942. The van der Waals surface area contributed by atoms with Crippen LogP contribution in [0.1, 0.15) is 35.4 Å². The molecule has 10 nitrogen and oxygen atoms in total. The molecular weight excluding hydrogens is 368 g/mol. The van der Waals surface area contributed by atoms with Gasteiger partial charge in [0.25, 0.3) is 11.6 Å². The van der Waals surface area contributed by atoms with Crippen molar-refractivity contribution in [1.29, 1.82) is 0 Å². The maximum absolute atomic E-state index is 12.9. The molecule has 0 bridgehead atoms. The molecule has 2 aromatic rings. The molecule has 1 atom stereocenters. The SMILES string of the molecule is Cc1cc(=O)c(C(=O)N2CCCC[C@@H]2C(=O)O)nn1-c1ccccc1[N+](=O)[O-]. The first-order valence-electron chi connectivity index (χ1n) is 8.70. The van der Waals surface area contributed by atoms with Gasteiger partial charge in [0.05, 0.1) is 4.92 Å². The maximum Gasteiger partial charge on any atom is 0.326 e. The average Bonchev–Trinajstić information content (AvgIpc) is 2.67. The molecule has 1 aliphatic heterocycles. The Morgan fingerprint density at radius 1 is 1.29 bits per heavy atom. The number of carboxylic acids is 1. The summed E-state index contributed by atoms with van der Waals surface area (Å²) in [6.07, 6.45) is 1.59. The van der Waals surface area contributed by atoms with E-state index in [4.69, 9.17) is 0 Å². The highest BCUT2D eigenvalue weighted by Crippen LogP contribution is 2.23. The Hall–Kier alpha value is -3.56. The monoisotopic (exact) mass is 386 g/mol. The topological polar surface area (TPSA) is 136 Å². The first-order valence-corrected chi connectivity index (χ1v) is 8.70. The molecule has 0 aliphatic carbocycles. The van der Waals surface area contributed by atoms with E-state index in [2.05, 4.69) is 5.10 Å². The van der Waals surface area contributed by atoms with E-state index in [0.29, 0.717) is 25.0 Å². The third-order valence-corrected chi connectivity index (χ3v) is 4.67. The smallest absolute Gasteiger partial charge is 0.326 e. The zero-order valence-corrected chi connectivity index (χ0v) is 15.1. The van der Waals surface area contributed by atoms with Gasteiger partial charge in [0.15, 0.2) is 5.69 Å². The summed E-state index contributed by atoms with van der Waals surface area (Å²) in [6, 6.07) is 5.96. The summed E-state index contributed by atoms with van der Waals surface area (Å²) in [5.74, 6) is -1.93. The van der Waals surface area contributed by atoms with Crippen LogP contribution in [0.15, 0.2) is 35.1 Å². The Kier molecular flexibility index (Phi) is 5.21. The van der Waals surface area contributed by atoms with Crippen molar-refractivity contribution < 1.29 is 19.6 Å². The zero-order valence-electron chi connectivity index (χ0n) is 15.1. The van der Waals surface area contributed by atoms with Crippen LogP contribution >= 0.6 is 0 Å². The highest BCUT2D eigenvalue weighted by molar-refractivity contribution is 5.95. The van der Waals surface area contributed by atoms with Crippen LogP contribution in [-0.4, -0.2) is 49.2 Å². The number of carboxylic acid groups (broad SMARTS) is 1. The summed E-state index contributed by atoms with van der Waals surface area (Å²) in [4.78, 5) is 48.6. The molecule has 1 aromatic carbocycles. The molecule has 1 aromatic heterocycles. The molecule has 146 valence electrons. The van der Waals surface area contributed by atoms with Gasteiger partial charge in [-0.25, -0.2) is 9.48 Å². The lowest BCUT2D eigenvalue weighted by molar-refractivity contribution is -0.384. The second-order valence-electron chi connectivity index (χ2n) is 6.50. The number of amides is 1. The van der Waals surface area contributed by atoms with Gasteiger partial charge >= 0.3 is 5.97 Å². The number of nitrogens with zero attached hydrogens (tertiary/aromatic N) is 4. The molecule has 1 aliphatic rings. The Labute approximate surface area is 159 Å². The lowest BCUT2D eigenvalue weighted by Crippen LogP contribution is -2.49. The van der Waals surface area contributed by atoms with Gasteiger partial charge in [0.1, 0.15) is 11.7 Å². The second kappa shape index (κ2) is 7.59. The van der Waals surface area contributed by atoms with Crippen LogP contribution in [0.4, 0.5) is 5.69 Å². The molecule has 1 saturated heterocycles. The number of nitro groups is 1. The van der Waals surface area contributed by atoms with Crippen molar-refractivity contribution in [3.8, 4) is 5.69 Å². The molecule has 0 spiro atoms. The fourth-order valence-corrected chi connectivity index (χ4v) is 3.30. The summed E-state index contributed by atoms with van der Waals surface area (Å²) in [7, 11) is 0. The number of nitro benzene ring substituents is 1. The van der Waals surface area contributed by atoms with Crippen molar-refractivity contribution in [2.75, 3.05) is 6.54 Å². The standard InChI is InChI=1S/C18H18N4O6/c1-11-10-15(23)16(17(24)20-9-5-4-8-14(20)18(25)26)19-21(11)12-6-2-3-7-13(12)22(27)28/h2-3,6-7,10,14H,4-5,8-9H2,1H3,(H,25,26)/t14-/m1/s1. The van der Waals surface area contributed by atoms with E-state index in [9.17, 15) is 29.6 Å². The quantitative estimate of drug-likeness (QED) is 0.621. The van der Waals surface area contributed by atoms with Crippen LogP contribution in [0.25, 0.3) is 5.69 Å². The molecule has 10 heteroatoms. The van der Waals surface area contributed by atoms with Gasteiger partial charge in [0.2, 0.25) is 5.43 Å². The summed E-state index contributed by atoms with van der Waals surface area (Å²) >= 11 is 0. The predicted molar refractivity (Wildman–Crippen MR) is 97.5 cm³/mol. The van der Waals surface area contributed by atoms with Crippen LogP contribution in [0.3, 0.4) is 0 Å². The number of aromatic nitrogens is 2. The largest absolute Gasteiger partial charge is 0.480 e. The molecule has 0 unspecified atom stereocenters. The second-order valence-corrected chi connectivity index (χ2v) is 6.50. The van der Waals surface area contributed by atoms with E-state index < -0.39 is 34.0 Å². The molecule has 1 N–H and O–H groups in total. The Balaban J connectivity index is 2.10. The lowest BCUT2D eigenvalue weighted by atomic mass is 10.0. The molecule has 2 heterocycles. The third kappa shape index (κ3) is 3.48. The molecule has 0 radical (unpaired) electrons. The number of benzene rings is 1. The van der Waals surface area contributed by atoms with E-state index in [1.165, 1.54) is 18.2 Å². The summed E-state index contributed by atoms with van der Waals surface area (Å²) < 4.78 is 1.16. The van der Waals surface area contributed by atoms with Gasteiger partial charge < -0.3 is 10.0 Å². The summed E-state index contributed by atoms with van der Waals surface area (Å²) in [6.45, 7) is 1.75. The van der Waals surface area contributed by atoms with E-state index in [-0.39, 0.29) is 17.9 Å². The third-order valence-electron chi connectivity index (χ3n) is 4.67. The first kappa shape index (κ1) is 19.2. The highest BCUT2D eigenvalue weighted by Gasteiger charge is 2.34. The molecular formula is C18H18N4O6. The lowest BCUT2D eigenvalue weighted by Gasteiger charge is -2.32. The minimum atomic E-state index is -1.14. The van der Waals surface area contributed by atoms with Crippen molar-refractivity contribution in [2.24, 2.45) is 0 Å². The van der Waals surface area contributed by atoms with Crippen molar-refractivity contribution in [2.45, 2.75) is 32.2 Å². The number of piperidine rings is 1.